The van der Waals surface area contributed by atoms with Gasteiger partial charge in [-0.1, -0.05) is 27.5 Å². The molecule has 0 atom stereocenters. The van der Waals surface area contributed by atoms with Gasteiger partial charge in [-0.05, 0) is 42.0 Å². The number of carboxylic acids is 1. The maximum absolute atomic E-state index is 13.2. The van der Waals surface area contributed by atoms with Crippen molar-refractivity contribution in [2.45, 2.75) is 6.61 Å². The van der Waals surface area contributed by atoms with E-state index in [1.807, 2.05) is 0 Å². The fourth-order valence-corrected chi connectivity index (χ4v) is 2.32. The average Bonchev–Trinajstić information content (AvgIpc) is 2.35. The first kappa shape index (κ1) is 14.8. The Hall–Kier alpha value is -1.59. The quantitative estimate of drug-likeness (QED) is 0.873. The zero-order valence-corrected chi connectivity index (χ0v) is 12.4. The average molecular weight is 360 g/mol. The number of hydrogen-bond donors (Lipinski definition) is 1. The summed E-state index contributed by atoms with van der Waals surface area (Å²) >= 11 is 8.99. The first-order valence-corrected chi connectivity index (χ1v) is 6.73. The Labute approximate surface area is 128 Å². The Balaban J connectivity index is 2.22. The number of hydrogen-bond acceptors (Lipinski definition) is 2. The maximum atomic E-state index is 13.2. The Kier molecular flexibility index (Phi) is 4.62. The van der Waals surface area contributed by atoms with E-state index in [9.17, 15) is 9.18 Å². The lowest BCUT2D eigenvalue weighted by Gasteiger charge is -2.10. The summed E-state index contributed by atoms with van der Waals surface area (Å²) in [5.74, 6) is -1.37. The summed E-state index contributed by atoms with van der Waals surface area (Å²) in [6, 6.07) is 8.58. The molecule has 2 rings (SSSR count). The van der Waals surface area contributed by atoms with Gasteiger partial charge in [0.25, 0.3) is 0 Å². The molecule has 0 spiro atoms. The summed E-state index contributed by atoms with van der Waals surface area (Å²) in [6.07, 6.45) is 0. The van der Waals surface area contributed by atoms with Crippen LogP contribution in [0.1, 0.15) is 15.9 Å². The molecule has 6 heteroatoms. The lowest BCUT2D eigenvalue weighted by atomic mass is 10.2. The lowest BCUT2D eigenvalue weighted by molar-refractivity contribution is 0.0691. The summed E-state index contributed by atoms with van der Waals surface area (Å²) < 4.78 is 19.2. The topological polar surface area (TPSA) is 46.5 Å². The van der Waals surface area contributed by atoms with Crippen molar-refractivity contribution in [3.63, 3.8) is 0 Å². The minimum atomic E-state index is -1.11. The highest BCUT2D eigenvalue weighted by Gasteiger charge is 2.12. The van der Waals surface area contributed by atoms with Crippen molar-refractivity contribution in [3.05, 3.63) is 62.8 Å². The van der Waals surface area contributed by atoms with Crippen molar-refractivity contribution in [3.8, 4) is 5.75 Å². The van der Waals surface area contributed by atoms with Gasteiger partial charge in [0.05, 0.1) is 0 Å². The molecule has 0 aromatic heterocycles. The molecule has 104 valence electrons. The minimum Gasteiger partial charge on any atom is -0.488 e. The Morgan fingerprint density at radius 3 is 2.70 bits per heavy atom. The molecule has 0 radical (unpaired) electrons. The molecule has 0 unspecified atom stereocenters. The van der Waals surface area contributed by atoms with E-state index in [0.717, 1.165) is 0 Å². The number of carboxylic acid groups (broad SMARTS) is 1. The molecule has 0 aliphatic heterocycles. The molecule has 0 aliphatic rings. The molecule has 2 aromatic rings. The maximum Gasteiger partial charge on any atom is 0.339 e. The Morgan fingerprint density at radius 1 is 1.30 bits per heavy atom. The normalized spacial score (nSPS) is 10.3. The third-order valence-electron chi connectivity index (χ3n) is 2.49. The highest BCUT2D eigenvalue weighted by molar-refractivity contribution is 9.10. The molecule has 0 bridgehead atoms. The van der Waals surface area contributed by atoms with Gasteiger partial charge < -0.3 is 9.84 Å². The predicted molar refractivity (Wildman–Crippen MR) is 76.8 cm³/mol. The van der Waals surface area contributed by atoms with Crippen LogP contribution in [0.25, 0.3) is 0 Å². The van der Waals surface area contributed by atoms with Crippen molar-refractivity contribution >= 4 is 33.5 Å². The van der Waals surface area contributed by atoms with E-state index in [2.05, 4.69) is 15.9 Å². The third kappa shape index (κ3) is 3.71. The van der Waals surface area contributed by atoms with E-state index < -0.39 is 11.8 Å². The molecule has 0 saturated heterocycles. The van der Waals surface area contributed by atoms with E-state index in [4.69, 9.17) is 21.4 Å². The van der Waals surface area contributed by atoms with Gasteiger partial charge in [0, 0.05) is 9.50 Å². The SMILES string of the molecule is O=C(O)c1ccc(Cl)cc1OCc1cc(F)cc(Br)c1. The fraction of sp³-hybridized carbons (Fsp3) is 0.0714. The number of benzene rings is 2. The molecule has 0 fully saturated rings. The predicted octanol–water partition coefficient (Wildman–Crippen LogP) is 4.52. The second kappa shape index (κ2) is 6.24. The molecule has 1 N–H and O–H groups in total. The van der Waals surface area contributed by atoms with Crippen LogP contribution in [0.3, 0.4) is 0 Å². The van der Waals surface area contributed by atoms with Crippen LogP contribution in [-0.4, -0.2) is 11.1 Å². The van der Waals surface area contributed by atoms with Crippen molar-refractivity contribution in [1.29, 1.82) is 0 Å². The first-order chi connectivity index (χ1) is 9.45. The van der Waals surface area contributed by atoms with Crippen LogP contribution >= 0.6 is 27.5 Å². The van der Waals surface area contributed by atoms with Crippen molar-refractivity contribution in [2.75, 3.05) is 0 Å². The monoisotopic (exact) mass is 358 g/mol. The highest BCUT2D eigenvalue weighted by atomic mass is 79.9. The summed E-state index contributed by atoms with van der Waals surface area (Å²) in [5, 5.41) is 9.42. The van der Waals surface area contributed by atoms with Crippen molar-refractivity contribution < 1.29 is 19.0 Å². The zero-order chi connectivity index (χ0) is 14.7. The number of carbonyl (C=O) groups is 1. The standard InChI is InChI=1S/C14H9BrClFO3/c15-9-3-8(4-11(17)5-9)7-20-13-6-10(16)1-2-12(13)14(18)19/h1-6H,7H2,(H,18,19). The summed E-state index contributed by atoms with van der Waals surface area (Å²) in [6.45, 7) is 0.0387. The van der Waals surface area contributed by atoms with Gasteiger partial charge in [0.15, 0.2) is 0 Å². The van der Waals surface area contributed by atoms with Gasteiger partial charge in [-0.3, -0.25) is 0 Å². The van der Waals surface area contributed by atoms with Crippen LogP contribution in [0.4, 0.5) is 4.39 Å². The molecule has 20 heavy (non-hydrogen) atoms. The van der Waals surface area contributed by atoms with Crippen LogP contribution < -0.4 is 4.74 Å². The first-order valence-electron chi connectivity index (χ1n) is 5.56. The van der Waals surface area contributed by atoms with E-state index >= 15 is 0 Å². The zero-order valence-electron chi connectivity index (χ0n) is 10.1. The van der Waals surface area contributed by atoms with E-state index in [1.54, 1.807) is 6.07 Å². The second-order valence-corrected chi connectivity index (χ2v) is 5.36. The van der Waals surface area contributed by atoms with E-state index in [1.165, 1.54) is 30.3 Å². The van der Waals surface area contributed by atoms with Gasteiger partial charge in [-0.15, -0.1) is 0 Å². The fourth-order valence-electron chi connectivity index (χ4n) is 1.65. The summed E-state index contributed by atoms with van der Waals surface area (Å²) in [4.78, 5) is 11.1. The van der Waals surface area contributed by atoms with E-state index in [-0.39, 0.29) is 17.9 Å². The number of aromatic carboxylic acids is 1. The third-order valence-corrected chi connectivity index (χ3v) is 3.18. The van der Waals surface area contributed by atoms with Gasteiger partial charge >= 0.3 is 5.97 Å². The number of ether oxygens (including phenoxy) is 1. The molecule has 0 amide bonds. The van der Waals surface area contributed by atoms with Gasteiger partial charge in [0.2, 0.25) is 0 Å². The molecule has 0 heterocycles. The van der Waals surface area contributed by atoms with Crippen molar-refractivity contribution in [1.82, 2.24) is 0 Å². The number of halogens is 3. The van der Waals surface area contributed by atoms with Gasteiger partial charge in [-0.2, -0.15) is 0 Å². The molecule has 0 aliphatic carbocycles. The molecule has 2 aromatic carbocycles. The molecule has 0 saturated carbocycles. The Morgan fingerprint density at radius 2 is 2.05 bits per heavy atom. The largest absolute Gasteiger partial charge is 0.488 e. The molecular weight excluding hydrogens is 351 g/mol. The molecular formula is C14H9BrClFO3. The van der Waals surface area contributed by atoms with E-state index in [0.29, 0.717) is 15.1 Å². The minimum absolute atomic E-state index is 0.00451. The van der Waals surface area contributed by atoms with Gasteiger partial charge in [0.1, 0.15) is 23.7 Å². The Bertz CT molecular complexity index is 641. The number of rotatable bonds is 4. The highest BCUT2D eigenvalue weighted by Crippen LogP contribution is 2.25. The second-order valence-electron chi connectivity index (χ2n) is 4.01. The van der Waals surface area contributed by atoms with Crippen molar-refractivity contribution in [2.24, 2.45) is 0 Å². The van der Waals surface area contributed by atoms with Crippen LogP contribution in [0.15, 0.2) is 40.9 Å². The summed E-state index contributed by atoms with van der Waals surface area (Å²) in [5.41, 5.74) is 0.582. The van der Waals surface area contributed by atoms with Crippen LogP contribution in [0.5, 0.6) is 5.75 Å². The smallest absolute Gasteiger partial charge is 0.339 e. The lowest BCUT2D eigenvalue weighted by Crippen LogP contribution is -2.03. The van der Waals surface area contributed by atoms with Crippen LogP contribution in [0, 0.1) is 5.82 Å². The molecule has 3 nitrogen and oxygen atoms in total. The van der Waals surface area contributed by atoms with Crippen LogP contribution in [-0.2, 0) is 6.61 Å². The van der Waals surface area contributed by atoms with Crippen LogP contribution in [0.2, 0.25) is 5.02 Å². The summed E-state index contributed by atoms with van der Waals surface area (Å²) in [7, 11) is 0. The van der Waals surface area contributed by atoms with Gasteiger partial charge in [-0.25, -0.2) is 9.18 Å².